The van der Waals surface area contributed by atoms with Crippen LogP contribution in [0.15, 0.2) is 0 Å². The van der Waals surface area contributed by atoms with E-state index in [-0.39, 0.29) is 18.1 Å². The number of sulfone groups is 1. The van der Waals surface area contributed by atoms with E-state index in [0.29, 0.717) is 12.7 Å². The molecule has 118 valence electrons. The number of hydrogen-bond donors (Lipinski definition) is 1. The molecule has 2 unspecified atom stereocenters. The van der Waals surface area contributed by atoms with Gasteiger partial charge in [0.05, 0.1) is 0 Å². The number of carbonyl (C=O) groups is 1. The van der Waals surface area contributed by atoms with E-state index in [0.717, 1.165) is 4.90 Å². The Morgan fingerprint density at radius 1 is 1.45 bits per heavy atom. The van der Waals surface area contributed by atoms with Gasteiger partial charge in [0.25, 0.3) is 5.91 Å². The largest absolute Gasteiger partial charge is 0.415 e. The van der Waals surface area contributed by atoms with E-state index < -0.39 is 32.8 Å². The van der Waals surface area contributed by atoms with Crippen LogP contribution < -0.4 is 5.73 Å². The molecule has 1 fully saturated rings. The second-order valence-corrected chi connectivity index (χ2v) is 8.28. The minimum atomic E-state index is -4.94. The van der Waals surface area contributed by atoms with E-state index in [1.54, 1.807) is 0 Å². The molecule has 0 bridgehead atoms. The average molecular weight is 334 g/mol. The smallest absolute Gasteiger partial charge is 0.322 e. The van der Waals surface area contributed by atoms with E-state index in [2.05, 4.69) is 0 Å². The van der Waals surface area contributed by atoms with Gasteiger partial charge in [-0.25, -0.2) is 8.42 Å². The Morgan fingerprint density at radius 3 is 2.45 bits per heavy atom. The molecular formula is C10H17F3N2O3S2. The number of halogens is 3. The van der Waals surface area contributed by atoms with E-state index in [1.165, 1.54) is 18.7 Å². The van der Waals surface area contributed by atoms with Crippen molar-refractivity contribution in [1.82, 2.24) is 4.90 Å². The van der Waals surface area contributed by atoms with E-state index in [4.69, 9.17) is 5.73 Å². The lowest BCUT2D eigenvalue weighted by Crippen LogP contribution is -2.65. The first-order valence-electron chi connectivity index (χ1n) is 5.91. The molecule has 1 rings (SSSR count). The summed E-state index contributed by atoms with van der Waals surface area (Å²) in [7, 11) is -3.66. The molecule has 1 aliphatic rings. The minimum Gasteiger partial charge on any atom is -0.322 e. The zero-order valence-electron chi connectivity index (χ0n) is 11.1. The number of thioether (sulfide) groups is 1. The monoisotopic (exact) mass is 334 g/mol. The third kappa shape index (κ3) is 3.22. The fourth-order valence-electron chi connectivity index (χ4n) is 1.72. The lowest BCUT2D eigenvalue weighted by atomic mass is 10.0. The van der Waals surface area contributed by atoms with Crippen molar-refractivity contribution in [2.75, 3.05) is 23.8 Å². The summed E-state index contributed by atoms with van der Waals surface area (Å²) in [6.45, 7) is 1.89. The maximum Gasteiger partial charge on any atom is 0.415 e. The van der Waals surface area contributed by atoms with E-state index in [9.17, 15) is 26.4 Å². The number of nitrogens with zero attached hydrogens (tertiary/aromatic N) is 1. The Balaban J connectivity index is 3.12. The van der Waals surface area contributed by atoms with Gasteiger partial charge in [0.15, 0.2) is 15.4 Å². The maximum absolute atomic E-state index is 12.8. The highest BCUT2D eigenvalue weighted by Gasteiger charge is 2.57. The number of hydrogen-bond acceptors (Lipinski definition) is 5. The number of amides is 1. The van der Waals surface area contributed by atoms with E-state index >= 15 is 0 Å². The first-order chi connectivity index (χ1) is 8.95. The van der Waals surface area contributed by atoms with Crippen molar-refractivity contribution in [1.29, 1.82) is 0 Å². The van der Waals surface area contributed by atoms with Crippen LogP contribution in [0.1, 0.15) is 13.8 Å². The Bertz CT molecular complexity index is 477. The summed E-state index contributed by atoms with van der Waals surface area (Å²) in [4.78, 5) is 12.8. The molecule has 20 heavy (non-hydrogen) atoms. The molecule has 2 atom stereocenters. The van der Waals surface area contributed by atoms with Gasteiger partial charge in [-0.1, -0.05) is 6.92 Å². The van der Waals surface area contributed by atoms with Gasteiger partial charge in [-0.3, -0.25) is 4.79 Å². The van der Waals surface area contributed by atoms with Gasteiger partial charge in [-0.2, -0.15) is 24.9 Å². The fraction of sp³-hybridized carbons (Fsp3) is 0.900. The van der Waals surface area contributed by atoms with Gasteiger partial charge < -0.3 is 10.6 Å². The molecule has 0 radical (unpaired) electrons. The van der Waals surface area contributed by atoms with Crippen LogP contribution in [0.4, 0.5) is 13.2 Å². The quantitative estimate of drug-likeness (QED) is 0.818. The predicted molar refractivity (Wildman–Crippen MR) is 70.9 cm³/mol. The summed E-state index contributed by atoms with van der Waals surface area (Å²) in [5.41, 5.74) is 2.01. The molecule has 0 aliphatic carbocycles. The first kappa shape index (κ1) is 17.6. The van der Waals surface area contributed by atoms with Gasteiger partial charge in [0.1, 0.15) is 5.37 Å². The molecule has 5 nitrogen and oxygen atoms in total. The Morgan fingerprint density at radius 2 is 2.00 bits per heavy atom. The standard InChI is InChI=1S/C10H17F3N2O3S2/c1-3-20(17,18)7-6-19-5-4-15(7)8(16)9(2,14)10(11,12)13/h7H,3-6,14H2,1-2H3. The van der Waals surface area contributed by atoms with Crippen molar-refractivity contribution < 1.29 is 26.4 Å². The van der Waals surface area contributed by atoms with Crippen LogP contribution in [-0.2, 0) is 14.6 Å². The average Bonchev–Trinajstić information content (AvgIpc) is 2.36. The summed E-state index contributed by atoms with van der Waals surface area (Å²) in [6, 6.07) is 0. The van der Waals surface area contributed by atoms with Crippen LogP contribution in [0, 0.1) is 0 Å². The number of nitrogens with two attached hydrogens (primary N) is 1. The number of alkyl halides is 3. The molecule has 0 saturated carbocycles. The highest BCUT2D eigenvalue weighted by atomic mass is 32.2. The zero-order valence-corrected chi connectivity index (χ0v) is 12.7. The molecular weight excluding hydrogens is 317 g/mol. The second-order valence-electron chi connectivity index (χ2n) is 4.68. The van der Waals surface area contributed by atoms with Gasteiger partial charge in [0, 0.05) is 23.8 Å². The van der Waals surface area contributed by atoms with Crippen molar-refractivity contribution in [2.45, 2.75) is 30.9 Å². The lowest BCUT2D eigenvalue weighted by Gasteiger charge is -2.39. The van der Waals surface area contributed by atoms with E-state index in [1.807, 2.05) is 0 Å². The van der Waals surface area contributed by atoms with Crippen LogP contribution in [0.2, 0.25) is 0 Å². The van der Waals surface area contributed by atoms with Crippen molar-refractivity contribution in [3.8, 4) is 0 Å². The highest BCUT2D eigenvalue weighted by molar-refractivity contribution is 8.01. The van der Waals surface area contributed by atoms with Gasteiger partial charge >= 0.3 is 6.18 Å². The van der Waals surface area contributed by atoms with Crippen molar-refractivity contribution in [3.05, 3.63) is 0 Å². The molecule has 0 aromatic heterocycles. The van der Waals surface area contributed by atoms with Crippen LogP contribution in [0.3, 0.4) is 0 Å². The first-order valence-corrected chi connectivity index (χ1v) is 8.78. The molecule has 1 amide bonds. The van der Waals surface area contributed by atoms with Crippen LogP contribution in [0.25, 0.3) is 0 Å². The summed E-state index contributed by atoms with van der Waals surface area (Å²) in [5.74, 6) is -1.19. The number of rotatable bonds is 3. The van der Waals surface area contributed by atoms with Crippen LogP contribution in [0.5, 0.6) is 0 Å². The Kier molecular flexibility index (Phi) is 5.03. The SMILES string of the molecule is CCS(=O)(=O)C1CSCCN1C(=O)C(C)(N)C(F)(F)F. The molecule has 2 N–H and O–H groups in total. The minimum absolute atomic E-state index is 0.0593. The van der Waals surface area contributed by atoms with Crippen LogP contribution >= 0.6 is 11.8 Å². The molecule has 0 spiro atoms. The van der Waals surface area contributed by atoms with Gasteiger partial charge in [-0.05, 0) is 6.92 Å². The molecule has 0 aromatic rings. The summed E-state index contributed by atoms with van der Waals surface area (Å²) >= 11 is 1.29. The topological polar surface area (TPSA) is 80.5 Å². The summed E-state index contributed by atoms with van der Waals surface area (Å²) in [5, 5.41) is -1.25. The maximum atomic E-state index is 12.8. The third-order valence-electron chi connectivity index (χ3n) is 3.20. The lowest BCUT2D eigenvalue weighted by molar-refractivity contribution is -0.193. The van der Waals surface area contributed by atoms with Crippen molar-refractivity contribution >= 4 is 27.5 Å². The zero-order chi connectivity index (χ0) is 15.8. The molecule has 1 aliphatic heterocycles. The predicted octanol–water partition coefficient (Wildman–Crippen LogP) is 0.602. The molecule has 0 aromatic carbocycles. The summed E-state index contributed by atoms with van der Waals surface area (Å²) < 4.78 is 62.3. The van der Waals surface area contributed by atoms with Crippen molar-refractivity contribution in [2.24, 2.45) is 5.73 Å². The normalized spacial score (nSPS) is 24.3. The molecule has 1 saturated heterocycles. The second kappa shape index (κ2) is 5.72. The fourth-order valence-corrected chi connectivity index (χ4v) is 4.69. The Hall–Kier alpha value is -0.480. The van der Waals surface area contributed by atoms with Crippen LogP contribution in [-0.4, -0.2) is 60.1 Å². The van der Waals surface area contributed by atoms with Gasteiger partial charge in [-0.15, -0.1) is 0 Å². The number of carbonyl (C=O) groups excluding carboxylic acids is 1. The summed E-state index contributed by atoms with van der Waals surface area (Å²) in [6.07, 6.45) is -4.94. The van der Waals surface area contributed by atoms with Crippen molar-refractivity contribution in [3.63, 3.8) is 0 Å². The Labute approximate surface area is 120 Å². The molecule has 1 heterocycles. The molecule has 10 heteroatoms. The third-order valence-corrected chi connectivity index (χ3v) is 6.48. The van der Waals surface area contributed by atoms with Gasteiger partial charge in [0.2, 0.25) is 0 Å². The highest BCUT2D eigenvalue weighted by Crippen LogP contribution is 2.32.